The van der Waals surface area contributed by atoms with Gasteiger partial charge in [-0.3, -0.25) is 9.36 Å². The molecule has 0 aliphatic carbocycles. The Morgan fingerprint density at radius 3 is 2.48 bits per heavy atom. The average molecular weight is 365 g/mol. The van der Waals surface area contributed by atoms with Gasteiger partial charge in [-0.05, 0) is 30.5 Å². The third kappa shape index (κ3) is 3.86. The number of carbonyl (C=O) groups excluding carboxylic acids is 1. The number of amides is 1. The van der Waals surface area contributed by atoms with E-state index in [4.69, 9.17) is 0 Å². The Bertz CT molecular complexity index is 934. The molecule has 0 spiro atoms. The number of carbonyl (C=O) groups is 1. The molecular formula is C20H23N5O2. The second-order valence-electron chi connectivity index (χ2n) is 6.97. The highest BCUT2D eigenvalue weighted by Gasteiger charge is 2.27. The summed E-state index contributed by atoms with van der Waals surface area (Å²) >= 11 is 0. The molecule has 1 aromatic carbocycles. The number of hydrogen-bond acceptors (Lipinski definition) is 3. The Morgan fingerprint density at radius 2 is 1.78 bits per heavy atom. The van der Waals surface area contributed by atoms with Gasteiger partial charge in [-0.1, -0.05) is 30.3 Å². The van der Waals surface area contributed by atoms with Crippen molar-refractivity contribution in [2.24, 2.45) is 0 Å². The van der Waals surface area contributed by atoms with E-state index in [1.54, 1.807) is 4.57 Å². The molecule has 2 aromatic heterocycles. The quantitative estimate of drug-likeness (QED) is 0.749. The highest BCUT2D eigenvalue weighted by atomic mass is 16.2. The highest BCUT2D eigenvalue weighted by Crippen LogP contribution is 2.26. The van der Waals surface area contributed by atoms with E-state index < -0.39 is 0 Å². The van der Waals surface area contributed by atoms with Crippen molar-refractivity contribution >= 4 is 5.91 Å². The standard InChI is InChI=1S/C20H23N5O2/c26-18(15-23-10-4-5-11-23)24-12-8-17(9-13-24)19-21-22-20(27)25(19)14-16-6-2-1-3-7-16/h1-7,10-11,17H,8-9,12-15H2,(H,22,27). The summed E-state index contributed by atoms with van der Waals surface area (Å²) in [5, 5.41) is 6.88. The average Bonchev–Trinajstić information content (AvgIpc) is 3.33. The fraction of sp³-hybridized carbons (Fsp3) is 0.350. The van der Waals surface area contributed by atoms with Crippen LogP contribution in [-0.4, -0.2) is 43.2 Å². The molecule has 1 aliphatic heterocycles. The van der Waals surface area contributed by atoms with Crippen LogP contribution in [0.4, 0.5) is 0 Å². The number of nitrogens with one attached hydrogen (secondary N) is 1. The molecule has 0 atom stereocenters. The fourth-order valence-corrected chi connectivity index (χ4v) is 3.68. The van der Waals surface area contributed by atoms with Crippen LogP contribution in [0.3, 0.4) is 0 Å². The number of piperidine rings is 1. The lowest BCUT2D eigenvalue weighted by Gasteiger charge is -2.31. The minimum absolute atomic E-state index is 0.133. The number of H-pyrrole nitrogens is 1. The number of aromatic amines is 1. The molecule has 7 nitrogen and oxygen atoms in total. The van der Waals surface area contributed by atoms with Crippen LogP contribution in [-0.2, 0) is 17.9 Å². The van der Waals surface area contributed by atoms with Gasteiger partial charge >= 0.3 is 5.69 Å². The molecule has 0 radical (unpaired) electrons. The molecule has 1 N–H and O–H groups in total. The molecular weight excluding hydrogens is 342 g/mol. The summed E-state index contributed by atoms with van der Waals surface area (Å²) in [6, 6.07) is 13.7. The molecule has 3 aromatic rings. The van der Waals surface area contributed by atoms with E-state index in [-0.39, 0.29) is 17.5 Å². The molecule has 140 valence electrons. The summed E-state index contributed by atoms with van der Waals surface area (Å²) in [7, 11) is 0. The van der Waals surface area contributed by atoms with Crippen LogP contribution in [0.25, 0.3) is 0 Å². The third-order valence-corrected chi connectivity index (χ3v) is 5.17. The van der Waals surface area contributed by atoms with Crippen molar-refractivity contribution in [3.05, 3.63) is 76.7 Å². The van der Waals surface area contributed by atoms with Crippen LogP contribution in [0.1, 0.15) is 30.1 Å². The maximum absolute atomic E-state index is 12.4. The first-order valence-corrected chi connectivity index (χ1v) is 9.28. The topological polar surface area (TPSA) is 75.9 Å². The predicted octanol–water partition coefficient (Wildman–Crippen LogP) is 1.83. The molecule has 1 fully saturated rings. The second-order valence-corrected chi connectivity index (χ2v) is 6.97. The summed E-state index contributed by atoms with van der Waals surface area (Å²) in [5.41, 5.74) is 0.890. The number of aromatic nitrogens is 4. The lowest BCUT2D eigenvalue weighted by molar-refractivity contribution is -0.132. The van der Waals surface area contributed by atoms with E-state index in [1.807, 2.05) is 64.3 Å². The number of nitrogens with zero attached hydrogens (tertiary/aromatic N) is 4. The van der Waals surface area contributed by atoms with Crippen molar-refractivity contribution in [3.63, 3.8) is 0 Å². The van der Waals surface area contributed by atoms with E-state index in [0.29, 0.717) is 26.2 Å². The van der Waals surface area contributed by atoms with Gasteiger partial charge < -0.3 is 9.47 Å². The van der Waals surface area contributed by atoms with E-state index in [0.717, 1.165) is 24.2 Å². The van der Waals surface area contributed by atoms with Gasteiger partial charge in [-0.25, -0.2) is 9.89 Å². The molecule has 7 heteroatoms. The molecule has 1 amide bonds. The zero-order valence-electron chi connectivity index (χ0n) is 15.1. The predicted molar refractivity (Wildman–Crippen MR) is 101 cm³/mol. The van der Waals surface area contributed by atoms with E-state index in [9.17, 15) is 9.59 Å². The van der Waals surface area contributed by atoms with Crippen LogP contribution in [0.2, 0.25) is 0 Å². The molecule has 1 saturated heterocycles. The van der Waals surface area contributed by atoms with Crippen LogP contribution >= 0.6 is 0 Å². The monoisotopic (exact) mass is 365 g/mol. The number of benzene rings is 1. The molecule has 0 bridgehead atoms. The lowest BCUT2D eigenvalue weighted by Crippen LogP contribution is -2.40. The first kappa shape index (κ1) is 17.3. The van der Waals surface area contributed by atoms with Crippen LogP contribution in [0.5, 0.6) is 0 Å². The number of hydrogen-bond donors (Lipinski definition) is 1. The number of rotatable bonds is 5. The van der Waals surface area contributed by atoms with Crippen molar-refractivity contribution in [1.82, 2.24) is 24.2 Å². The largest absolute Gasteiger partial charge is 0.345 e. The summed E-state index contributed by atoms with van der Waals surface area (Å²) in [6.07, 6.45) is 5.43. The Balaban J connectivity index is 1.41. The SMILES string of the molecule is O=C(Cn1cccc1)N1CCC(c2n[nH]c(=O)n2Cc2ccccc2)CC1. The summed E-state index contributed by atoms with van der Waals surface area (Å²) in [5.74, 6) is 1.11. The maximum Gasteiger partial charge on any atom is 0.343 e. The Kier molecular flexibility index (Phi) is 4.91. The van der Waals surface area contributed by atoms with Gasteiger partial charge in [0.1, 0.15) is 12.4 Å². The van der Waals surface area contributed by atoms with Crippen molar-refractivity contribution in [3.8, 4) is 0 Å². The molecule has 0 unspecified atom stereocenters. The highest BCUT2D eigenvalue weighted by molar-refractivity contribution is 5.76. The fourth-order valence-electron chi connectivity index (χ4n) is 3.68. The van der Waals surface area contributed by atoms with Crippen LogP contribution in [0.15, 0.2) is 59.7 Å². The van der Waals surface area contributed by atoms with Crippen LogP contribution < -0.4 is 5.69 Å². The third-order valence-electron chi connectivity index (χ3n) is 5.17. The first-order valence-electron chi connectivity index (χ1n) is 9.28. The zero-order valence-corrected chi connectivity index (χ0v) is 15.1. The van der Waals surface area contributed by atoms with Crippen molar-refractivity contribution in [1.29, 1.82) is 0 Å². The smallest absolute Gasteiger partial charge is 0.343 e. The lowest BCUT2D eigenvalue weighted by atomic mass is 9.95. The van der Waals surface area contributed by atoms with Crippen molar-refractivity contribution < 1.29 is 4.79 Å². The van der Waals surface area contributed by atoms with Crippen molar-refractivity contribution in [2.45, 2.75) is 31.8 Å². The van der Waals surface area contributed by atoms with E-state index >= 15 is 0 Å². The summed E-state index contributed by atoms with van der Waals surface area (Å²) in [6.45, 7) is 2.27. The normalized spacial score (nSPS) is 15.2. The molecule has 27 heavy (non-hydrogen) atoms. The minimum atomic E-state index is -0.181. The van der Waals surface area contributed by atoms with Gasteiger partial charge in [0.2, 0.25) is 5.91 Å². The minimum Gasteiger partial charge on any atom is -0.345 e. The second kappa shape index (κ2) is 7.65. The van der Waals surface area contributed by atoms with Crippen molar-refractivity contribution in [2.75, 3.05) is 13.1 Å². The van der Waals surface area contributed by atoms with Gasteiger partial charge in [0.15, 0.2) is 0 Å². The van der Waals surface area contributed by atoms with Crippen LogP contribution in [0, 0.1) is 0 Å². The Labute approximate surface area is 157 Å². The molecule has 3 heterocycles. The zero-order chi connectivity index (χ0) is 18.6. The molecule has 4 rings (SSSR count). The van der Waals surface area contributed by atoms with Gasteiger partial charge in [0, 0.05) is 31.4 Å². The van der Waals surface area contributed by atoms with Gasteiger partial charge in [-0.2, -0.15) is 5.10 Å². The van der Waals surface area contributed by atoms with Gasteiger partial charge in [0.05, 0.1) is 6.54 Å². The Hall–Kier alpha value is -3.09. The summed E-state index contributed by atoms with van der Waals surface area (Å²) in [4.78, 5) is 26.6. The van der Waals surface area contributed by atoms with E-state index in [2.05, 4.69) is 10.2 Å². The van der Waals surface area contributed by atoms with E-state index in [1.165, 1.54) is 0 Å². The number of likely N-dealkylation sites (tertiary alicyclic amines) is 1. The molecule has 0 saturated carbocycles. The Morgan fingerprint density at radius 1 is 1.07 bits per heavy atom. The molecule has 1 aliphatic rings. The van der Waals surface area contributed by atoms with Gasteiger partial charge in [-0.15, -0.1) is 0 Å². The first-order chi connectivity index (χ1) is 13.2. The summed E-state index contributed by atoms with van der Waals surface area (Å²) < 4.78 is 3.61. The maximum atomic E-state index is 12.4. The van der Waals surface area contributed by atoms with Gasteiger partial charge in [0.25, 0.3) is 0 Å².